The van der Waals surface area contributed by atoms with Crippen LogP contribution in [0.3, 0.4) is 0 Å². The third-order valence-corrected chi connectivity index (χ3v) is 4.79. The first-order valence-electron chi connectivity index (χ1n) is 8.03. The lowest BCUT2D eigenvalue weighted by atomic mass is 10.1. The van der Waals surface area contributed by atoms with E-state index in [2.05, 4.69) is 17.4 Å². The predicted octanol–water partition coefficient (Wildman–Crippen LogP) is 3.57. The molecule has 0 radical (unpaired) electrons. The topological polar surface area (TPSA) is 47.6 Å². The van der Waals surface area contributed by atoms with Crippen LogP contribution in [-0.4, -0.2) is 24.9 Å². The molecule has 0 bridgehead atoms. The average Bonchev–Trinajstić information content (AvgIpc) is 2.62. The minimum atomic E-state index is -0.0642. The molecule has 1 aliphatic rings. The van der Waals surface area contributed by atoms with Crippen LogP contribution in [0, 0.1) is 0 Å². The second-order valence-electron chi connectivity index (χ2n) is 5.67. The highest BCUT2D eigenvalue weighted by Crippen LogP contribution is 2.32. The third kappa shape index (κ3) is 4.45. The van der Waals surface area contributed by atoms with E-state index in [4.69, 9.17) is 9.47 Å². The van der Waals surface area contributed by atoms with E-state index in [0.717, 1.165) is 22.8 Å². The quantitative estimate of drug-likeness (QED) is 0.871. The van der Waals surface area contributed by atoms with E-state index in [1.54, 1.807) is 11.8 Å². The van der Waals surface area contributed by atoms with Crippen molar-refractivity contribution < 1.29 is 14.3 Å². The normalized spacial score (nSPS) is 14.0. The molecule has 0 aromatic heterocycles. The highest BCUT2D eigenvalue weighted by molar-refractivity contribution is 7.99. The summed E-state index contributed by atoms with van der Waals surface area (Å²) in [7, 11) is 0. The molecule has 2 aromatic carbocycles. The molecule has 0 fully saturated rings. The first-order chi connectivity index (χ1) is 11.7. The van der Waals surface area contributed by atoms with Gasteiger partial charge in [-0.05, 0) is 30.2 Å². The van der Waals surface area contributed by atoms with Crippen molar-refractivity contribution in [2.45, 2.75) is 18.7 Å². The minimum Gasteiger partial charge on any atom is -0.486 e. The zero-order valence-corrected chi connectivity index (χ0v) is 14.5. The van der Waals surface area contributed by atoms with Crippen molar-refractivity contribution in [2.75, 3.05) is 19.0 Å². The van der Waals surface area contributed by atoms with Gasteiger partial charge in [0.1, 0.15) is 13.2 Å². The Bertz CT molecular complexity index is 690. The largest absolute Gasteiger partial charge is 0.486 e. The molecular weight excluding hydrogens is 322 g/mol. The van der Waals surface area contributed by atoms with Gasteiger partial charge in [-0.15, -0.1) is 11.8 Å². The number of benzene rings is 2. The summed E-state index contributed by atoms with van der Waals surface area (Å²) in [6.07, 6.45) is 0. The Labute approximate surface area is 146 Å². The van der Waals surface area contributed by atoms with Gasteiger partial charge in [0.15, 0.2) is 11.5 Å². The van der Waals surface area contributed by atoms with Gasteiger partial charge in [-0.3, -0.25) is 4.79 Å². The Hall–Kier alpha value is -2.14. The molecule has 0 aliphatic carbocycles. The summed E-state index contributed by atoms with van der Waals surface area (Å²) in [5, 5.41) is 3.03. The molecule has 1 aliphatic heterocycles. The fourth-order valence-corrected chi connectivity index (χ4v) is 3.33. The maximum Gasteiger partial charge on any atom is 0.230 e. The third-order valence-electron chi connectivity index (χ3n) is 3.79. The maximum atomic E-state index is 12.1. The lowest BCUT2D eigenvalue weighted by molar-refractivity contribution is -0.119. The van der Waals surface area contributed by atoms with Crippen LogP contribution in [-0.2, 0) is 10.5 Å². The zero-order chi connectivity index (χ0) is 16.8. The number of hydrogen-bond donors (Lipinski definition) is 1. The van der Waals surface area contributed by atoms with Gasteiger partial charge in [-0.25, -0.2) is 0 Å². The molecule has 126 valence electrons. The number of amides is 1. The molecule has 1 N–H and O–H groups in total. The molecule has 1 atom stereocenters. The summed E-state index contributed by atoms with van der Waals surface area (Å²) in [4.78, 5) is 12.1. The van der Waals surface area contributed by atoms with E-state index in [1.807, 2.05) is 43.3 Å². The number of carbonyl (C=O) groups excluding carboxylic acids is 1. The molecule has 3 rings (SSSR count). The molecule has 0 spiro atoms. The SMILES string of the molecule is C[C@@H](NC(=O)CSCc1ccccc1)c1ccc2c(c1)OCCO2. The van der Waals surface area contributed by atoms with Crippen LogP contribution in [0.2, 0.25) is 0 Å². The fourth-order valence-electron chi connectivity index (χ4n) is 2.53. The summed E-state index contributed by atoms with van der Waals surface area (Å²) in [6, 6.07) is 15.9. The zero-order valence-electron chi connectivity index (χ0n) is 13.7. The van der Waals surface area contributed by atoms with E-state index in [-0.39, 0.29) is 11.9 Å². The first kappa shape index (κ1) is 16.7. The van der Waals surface area contributed by atoms with Gasteiger partial charge < -0.3 is 14.8 Å². The lowest BCUT2D eigenvalue weighted by Gasteiger charge is -2.21. The Balaban J connectivity index is 1.49. The van der Waals surface area contributed by atoms with Crippen LogP contribution in [0.5, 0.6) is 11.5 Å². The van der Waals surface area contributed by atoms with E-state index in [9.17, 15) is 4.79 Å². The van der Waals surface area contributed by atoms with Gasteiger partial charge in [0, 0.05) is 5.75 Å². The number of ether oxygens (including phenoxy) is 2. The molecule has 0 unspecified atom stereocenters. The van der Waals surface area contributed by atoms with Crippen molar-refractivity contribution in [3.05, 3.63) is 59.7 Å². The summed E-state index contributed by atoms with van der Waals surface area (Å²) >= 11 is 1.62. The molecule has 0 saturated heterocycles. The predicted molar refractivity (Wildman–Crippen MR) is 96.6 cm³/mol. The minimum absolute atomic E-state index is 0.0401. The van der Waals surface area contributed by atoms with Crippen molar-refractivity contribution in [1.29, 1.82) is 0 Å². The number of hydrogen-bond acceptors (Lipinski definition) is 4. The van der Waals surface area contributed by atoms with Crippen LogP contribution < -0.4 is 14.8 Å². The number of fused-ring (bicyclic) bond motifs is 1. The Kier molecular flexibility index (Phi) is 5.64. The van der Waals surface area contributed by atoms with E-state index in [1.165, 1.54) is 5.56 Å². The second-order valence-corrected chi connectivity index (χ2v) is 6.66. The van der Waals surface area contributed by atoms with Gasteiger partial charge in [0.2, 0.25) is 5.91 Å². The van der Waals surface area contributed by atoms with Gasteiger partial charge in [0.25, 0.3) is 0 Å². The molecule has 2 aromatic rings. The van der Waals surface area contributed by atoms with Crippen LogP contribution in [0.1, 0.15) is 24.1 Å². The van der Waals surface area contributed by atoms with Gasteiger partial charge in [-0.1, -0.05) is 36.4 Å². The summed E-state index contributed by atoms with van der Waals surface area (Å²) in [5.74, 6) is 2.84. The number of carbonyl (C=O) groups is 1. The standard InChI is InChI=1S/C19H21NO3S/c1-14(16-7-8-17-18(11-16)23-10-9-22-17)20-19(21)13-24-12-15-5-3-2-4-6-15/h2-8,11,14H,9-10,12-13H2,1H3,(H,20,21)/t14-/m1/s1. The van der Waals surface area contributed by atoms with Crippen molar-refractivity contribution in [2.24, 2.45) is 0 Å². The highest BCUT2D eigenvalue weighted by atomic mass is 32.2. The molecule has 1 amide bonds. The number of thioether (sulfide) groups is 1. The van der Waals surface area contributed by atoms with Gasteiger partial charge >= 0.3 is 0 Å². The number of nitrogens with one attached hydrogen (secondary N) is 1. The molecule has 0 saturated carbocycles. The van der Waals surface area contributed by atoms with Crippen LogP contribution in [0.25, 0.3) is 0 Å². The number of rotatable bonds is 6. The van der Waals surface area contributed by atoms with Crippen molar-refractivity contribution in [3.63, 3.8) is 0 Å². The Morgan fingerprint density at radius 1 is 1.12 bits per heavy atom. The average molecular weight is 343 g/mol. The van der Waals surface area contributed by atoms with E-state index < -0.39 is 0 Å². The van der Waals surface area contributed by atoms with Gasteiger partial charge in [-0.2, -0.15) is 0 Å². The Morgan fingerprint density at radius 2 is 1.88 bits per heavy atom. The van der Waals surface area contributed by atoms with Crippen molar-refractivity contribution >= 4 is 17.7 Å². The van der Waals surface area contributed by atoms with Crippen LogP contribution in [0.4, 0.5) is 0 Å². The summed E-state index contributed by atoms with van der Waals surface area (Å²) in [5.41, 5.74) is 2.25. The molecule has 5 heteroatoms. The van der Waals surface area contributed by atoms with Crippen molar-refractivity contribution in [1.82, 2.24) is 5.32 Å². The van der Waals surface area contributed by atoms with Crippen LogP contribution >= 0.6 is 11.8 Å². The lowest BCUT2D eigenvalue weighted by Crippen LogP contribution is -2.28. The smallest absolute Gasteiger partial charge is 0.230 e. The molecular formula is C19H21NO3S. The molecule has 1 heterocycles. The molecule has 4 nitrogen and oxygen atoms in total. The maximum absolute atomic E-state index is 12.1. The second kappa shape index (κ2) is 8.11. The first-order valence-corrected chi connectivity index (χ1v) is 9.18. The highest BCUT2D eigenvalue weighted by Gasteiger charge is 2.15. The monoisotopic (exact) mass is 343 g/mol. The van der Waals surface area contributed by atoms with Crippen LogP contribution in [0.15, 0.2) is 48.5 Å². The van der Waals surface area contributed by atoms with Gasteiger partial charge in [0.05, 0.1) is 11.8 Å². The van der Waals surface area contributed by atoms with Crippen molar-refractivity contribution in [3.8, 4) is 11.5 Å². The Morgan fingerprint density at radius 3 is 2.67 bits per heavy atom. The summed E-state index contributed by atoms with van der Waals surface area (Å²) in [6.45, 7) is 3.12. The van der Waals surface area contributed by atoms with E-state index in [0.29, 0.717) is 19.0 Å². The molecule has 24 heavy (non-hydrogen) atoms. The van der Waals surface area contributed by atoms with E-state index >= 15 is 0 Å². The summed E-state index contributed by atoms with van der Waals surface area (Å²) < 4.78 is 11.1. The fraction of sp³-hybridized carbons (Fsp3) is 0.316.